The molecule has 0 fully saturated rings. The first kappa shape index (κ1) is 16.0. The van der Waals surface area contributed by atoms with Gasteiger partial charge in [-0.2, -0.15) is 0 Å². The van der Waals surface area contributed by atoms with Gasteiger partial charge in [0.2, 0.25) is 0 Å². The second-order valence-electron chi connectivity index (χ2n) is 4.90. The number of nitrogens with one attached hydrogen (secondary N) is 2. The number of aryl methyl sites for hydroxylation is 1. The molecule has 0 aliphatic carbocycles. The van der Waals surface area contributed by atoms with Crippen molar-refractivity contribution >= 4 is 34.7 Å². The minimum atomic E-state index is -0.839. The van der Waals surface area contributed by atoms with E-state index in [1.165, 1.54) is 5.56 Å². The molecule has 2 aromatic rings. The number of thiocarbonyl (C=S) groups is 1. The third kappa shape index (κ3) is 4.86. The highest BCUT2D eigenvalue weighted by molar-refractivity contribution is 7.80. The van der Waals surface area contributed by atoms with Gasteiger partial charge in [-0.3, -0.25) is 4.79 Å². The predicted molar refractivity (Wildman–Crippen MR) is 93.4 cm³/mol. The van der Waals surface area contributed by atoms with Crippen molar-refractivity contribution in [2.75, 3.05) is 10.6 Å². The van der Waals surface area contributed by atoms with Crippen molar-refractivity contribution in [1.82, 2.24) is 0 Å². The number of benzene rings is 2. The van der Waals surface area contributed by atoms with Crippen LogP contribution in [-0.2, 0) is 17.6 Å². The van der Waals surface area contributed by atoms with Crippen LogP contribution in [0.1, 0.15) is 18.1 Å². The average molecular weight is 314 g/mol. The van der Waals surface area contributed by atoms with Crippen molar-refractivity contribution in [2.24, 2.45) is 0 Å². The number of aliphatic carboxylic acids is 1. The molecule has 5 heteroatoms. The highest BCUT2D eigenvalue weighted by atomic mass is 32.1. The second-order valence-corrected chi connectivity index (χ2v) is 5.31. The Bertz CT molecular complexity index is 651. The van der Waals surface area contributed by atoms with Gasteiger partial charge in [-0.1, -0.05) is 31.2 Å². The maximum atomic E-state index is 10.6. The normalized spacial score (nSPS) is 10.0. The summed E-state index contributed by atoms with van der Waals surface area (Å²) in [5, 5.41) is 15.4. The van der Waals surface area contributed by atoms with Gasteiger partial charge in [0.15, 0.2) is 5.11 Å². The molecule has 0 aromatic heterocycles. The van der Waals surface area contributed by atoms with E-state index in [1.54, 1.807) is 12.1 Å². The third-order valence-electron chi connectivity index (χ3n) is 3.19. The molecule has 0 aliphatic rings. The van der Waals surface area contributed by atoms with Crippen LogP contribution in [0, 0.1) is 0 Å². The standard InChI is InChI=1S/C17H18N2O2S/c1-2-12-3-7-14(8-4-12)18-17(22)19-15-9-5-13(6-10-15)11-16(20)21/h3-10H,2,11H2,1H3,(H,20,21)(H2,18,19,22). The van der Waals surface area contributed by atoms with Gasteiger partial charge in [0.1, 0.15) is 0 Å². The summed E-state index contributed by atoms with van der Waals surface area (Å²) in [6, 6.07) is 15.3. The minimum Gasteiger partial charge on any atom is -0.481 e. The van der Waals surface area contributed by atoms with Crippen LogP contribution < -0.4 is 10.6 Å². The van der Waals surface area contributed by atoms with Gasteiger partial charge in [-0.25, -0.2) is 0 Å². The lowest BCUT2D eigenvalue weighted by Gasteiger charge is -2.11. The zero-order chi connectivity index (χ0) is 15.9. The highest BCUT2D eigenvalue weighted by Crippen LogP contribution is 2.13. The van der Waals surface area contributed by atoms with E-state index < -0.39 is 5.97 Å². The first-order valence-corrected chi connectivity index (χ1v) is 7.45. The molecule has 0 radical (unpaired) electrons. The molecule has 0 saturated heterocycles. The SMILES string of the molecule is CCc1ccc(NC(=S)Nc2ccc(CC(=O)O)cc2)cc1. The molecule has 2 rings (SSSR count). The quantitative estimate of drug-likeness (QED) is 0.735. The molecular formula is C17H18N2O2S. The minimum absolute atomic E-state index is 0.0206. The molecule has 0 spiro atoms. The maximum Gasteiger partial charge on any atom is 0.307 e. The number of rotatable bonds is 5. The monoisotopic (exact) mass is 314 g/mol. The molecule has 114 valence electrons. The van der Waals surface area contributed by atoms with E-state index in [-0.39, 0.29) is 6.42 Å². The van der Waals surface area contributed by atoms with E-state index in [0.29, 0.717) is 5.11 Å². The molecule has 2 aromatic carbocycles. The molecule has 0 heterocycles. The summed E-state index contributed by atoms with van der Waals surface area (Å²) in [6.45, 7) is 2.11. The average Bonchev–Trinajstić information content (AvgIpc) is 2.49. The van der Waals surface area contributed by atoms with Crippen molar-refractivity contribution in [2.45, 2.75) is 19.8 Å². The van der Waals surface area contributed by atoms with Gasteiger partial charge in [-0.15, -0.1) is 0 Å². The zero-order valence-corrected chi connectivity index (χ0v) is 13.1. The lowest BCUT2D eigenvalue weighted by Crippen LogP contribution is -2.19. The van der Waals surface area contributed by atoms with Gasteiger partial charge in [0, 0.05) is 11.4 Å². The lowest BCUT2D eigenvalue weighted by atomic mass is 10.1. The molecule has 0 bridgehead atoms. The fourth-order valence-corrected chi connectivity index (χ4v) is 2.23. The topological polar surface area (TPSA) is 61.4 Å². The first-order chi connectivity index (χ1) is 10.6. The lowest BCUT2D eigenvalue weighted by molar-refractivity contribution is -0.136. The molecule has 0 unspecified atom stereocenters. The summed E-state index contributed by atoms with van der Waals surface area (Å²) in [5.74, 6) is -0.839. The van der Waals surface area contributed by atoms with Crippen molar-refractivity contribution < 1.29 is 9.90 Å². The number of hydrogen-bond donors (Lipinski definition) is 3. The van der Waals surface area contributed by atoms with Crippen LogP contribution in [0.5, 0.6) is 0 Å². The number of hydrogen-bond acceptors (Lipinski definition) is 2. The fourth-order valence-electron chi connectivity index (χ4n) is 2.00. The number of carboxylic acid groups (broad SMARTS) is 1. The Morgan fingerprint density at radius 3 is 1.82 bits per heavy atom. The molecule has 3 N–H and O–H groups in total. The first-order valence-electron chi connectivity index (χ1n) is 7.04. The summed E-state index contributed by atoms with van der Waals surface area (Å²) >= 11 is 5.27. The van der Waals surface area contributed by atoms with Gasteiger partial charge < -0.3 is 15.7 Å². The van der Waals surface area contributed by atoms with Crippen LogP contribution in [0.4, 0.5) is 11.4 Å². The van der Waals surface area contributed by atoms with Gasteiger partial charge >= 0.3 is 5.97 Å². The van der Waals surface area contributed by atoms with E-state index in [9.17, 15) is 4.79 Å². The van der Waals surface area contributed by atoms with E-state index in [2.05, 4.69) is 29.7 Å². The Balaban J connectivity index is 1.92. The summed E-state index contributed by atoms with van der Waals surface area (Å²) in [4.78, 5) is 10.6. The zero-order valence-electron chi connectivity index (χ0n) is 12.3. The van der Waals surface area contributed by atoms with E-state index >= 15 is 0 Å². The Morgan fingerprint density at radius 2 is 1.41 bits per heavy atom. The smallest absolute Gasteiger partial charge is 0.307 e. The van der Waals surface area contributed by atoms with Crippen molar-refractivity contribution in [3.8, 4) is 0 Å². The largest absolute Gasteiger partial charge is 0.481 e. The summed E-state index contributed by atoms with van der Waals surface area (Å²) in [5.41, 5.74) is 3.78. The number of carbonyl (C=O) groups is 1. The van der Waals surface area contributed by atoms with Crippen LogP contribution in [-0.4, -0.2) is 16.2 Å². The third-order valence-corrected chi connectivity index (χ3v) is 3.39. The summed E-state index contributed by atoms with van der Waals surface area (Å²) in [7, 11) is 0. The fraction of sp³-hybridized carbons (Fsp3) is 0.176. The molecule has 0 aliphatic heterocycles. The van der Waals surface area contributed by atoms with Crippen molar-refractivity contribution in [3.05, 3.63) is 59.7 Å². The van der Waals surface area contributed by atoms with Gasteiger partial charge in [0.25, 0.3) is 0 Å². The van der Waals surface area contributed by atoms with Crippen LogP contribution in [0.3, 0.4) is 0 Å². The molecule has 0 atom stereocenters. The molecule has 4 nitrogen and oxygen atoms in total. The van der Waals surface area contributed by atoms with Crippen LogP contribution in [0.2, 0.25) is 0 Å². The van der Waals surface area contributed by atoms with E-state index in [1.807, 2.05) is 24.3 Å². The van der Waals surface area contributed by atoms with Gasteiger partial charge in [0.05, 0.1) is 6.42 Å². The van der Waals surface area contributed by atoms with E-state index in [4.69, 9.17) is 17.3 Å². The van der Waals surface area contributed by atoms with Crippen molar-refractivity contribution in [3.63, 3.8) is 0 Å². The van der Waals surface area contributed by atoms with Gasteiger partial charge in [-0.05, 0) is 54.0 Å². The van der Waals surface area contributed by atoms with Crippen LogP contribution in [0.15, 0.2) is 48.5 Å². The van der Waals surface area contributed by atoms with Crippen LogP contribution in [0.25, 0.3) is 0 Å². The number of anilines is 2. The summed E-state index contributed by atoms with van der Waals surface area (Å²) in [6.07, 6.45) is 1.03. The Labute approximate surface area is 135 Å². The number of carboxylic acids is 1. The summed E-state index contributed by atoms with van der Waals surface area (Å²) < 4.78 is 0. The maximum absolute atomic E-state index is 10.6. The Hall–Kier alpha value is -2.40. The second kappa shape index (κ2) is 7.56. The predicted octanol–water partition coefficient (Wildman–Crippen LogP) is 3.69. The van der Waals surface area contributed by atoms with E-state index in [0.717, 1.165) is 23.4 Å². The molecule has 0 saturated carbocycles. The molecule has 22 heavy (non-hydrogen) atoms. The highest BCUT2D eigenvalue weighted by Gasteiger charge is 2.02. The van der Waals surface area contributed by atoms with Crippen molar-refractivity contribution in [1.29, 1.82) is 0 Å². The Kier molecular flexibility index (Phi) is 5.49. The van der Waals surface area contributed by atoms with Crippen LogP contribution >= 0.6 is 12.2 Å². The Morgan fingerprint density at radius 1 is 0.955 bits per heavy atom. The molecule has 0 amide bonds. The molecular weight excluding hydrogens is 296 g/mol.